The van der Waals surface area contributed by atoms with E-state index in [4.69, 9.17) is 9.47 Å². The molecule has 0 rings (SSSR count). The molecule has 0 bridgehead atoms. The monoisotopic (exact) mass is 231 g/mol. The quantitative estimate of drug-likeness (QED) is 0.447. The summed E-state index contributed by atoms with van der Waals surface area (Å²) in [7, 11) is 0. The van der Waals surface area contributed by atoms with Crippen LogP contribution in [0.3, 0.4) is 0 Å². The van der Waals surface area contributed by atoms with Gasteiger partial charge in [-0.3, -0.25) is 9.69 Å². The lowest BCUT2D eigenvalue weighted by Gasteiger charge is -2.25. The molecule has 0 aromatic heterocycles. The molecule has 4 heteroatoms. The summed E-state index contributed by atoms with van der Waals surface area (Å²) in [5.41, 5.74) is 0. The van der Waals surface area contributed by atoms with E-state index in [1.807, 2.05) is 13.8 Å². The maximum Gasteiger partial charge on any atom is 0.320 e. The van der Waals surface area contributed by atoms with Crippen LogP contribution < -0.4 is 0 Å². The van der Waals surface area contributed by atoms with Gasteiger partial charge in [0.25, 0.3) is 0 Å². The number of carbonyl (C=O) groups excluding carboxylic acids is 1. The van der Waals surface area contributed by atoms with Crippen LogP contribution in [0.15, 0.2) is 0 Å². The summed E-state index contributed by atoms with van der Waals surface area (Å²) < 4.78 is 10.2. The molecule has 0 unspecified atom stereocenters. The van der Waals surface area contributed by atoms with Gasteiger partial charge in [-0.2, -0.15) is 0 Å². The molecule has 0 atom stereocenters. The summed E-state index contributed by atoms with van der Waals surface area (Å²) in [6, 6.07) is 0.353. The Morgan fingerprint density at radius 3 is 2.44 bits per heavy atom. The SMILES string of the molecule is CCOCCCN(CC(=O)OCC)C(C)C. The van der Waals surface area contributed by atoms with E-state index in [-0.39, 0.29) is 5.97 Å². The van der Waals surface area contributed by atoms with Crippen molar-refractivity contribution in [2.24, 2.45) is 0 Å². The summed E-state index contributed by atoms with van der Waals surface area (Å²) >= 11 is 0. The Balaban J connectivity index is 3.83. The molecule has 0 saturated heterocycles. The van der Waals surface area contributed by atoms with E-state index in [9.17, 15) is 4.79 Å². The van der Waals surface area contributed by atoms with Crippen molar-refractivity contribution in [2.75, 3.05) is 32.9 Å². The molecule has 0 saturated carbocycles. The molecule has 16 heavy (non-hydrogen) atoms. The third-order valence-corrected chi connectivity index (χ3v) is 2.31. The number of carbonyl (C=O) groups is 1. The number of hydrogen-bond acceptors (Lipinski definition) is 4. The highest BCUT2D eigenvalue weighted by Crippen LogP contribution is 2.00. The molecular weight excluding hydrogens is 206 g/mol. The zero-order valence-corrected chi connectivity index (χ0v) is 11.0. The normalized spacial score (nSPS) is 11.1. The summed E-state index contributed by atoms with van der Waals surface area (Å²) in [5, 5.41) is 0. The van der Waals surface area contributed by atoms with Crippen molar-refractivity contribution in [3.8, 4) is 0 Å². The van der Waals surface area contributed by atoms with Crippen molar-refractivity contribution in [3.05, 3.63) is 0 Å². The van der Waals surface area contributed by atoms with Gasteiger partial charge in [0.1, 0.15) is 0 Å². The molecule has 0 aliphatic rings. The highest BCUT2D eigenvalue weighted by molar-refractivity contribution is 5.71. The fourth-order valence-corrected chi connectivity index (χ4v) is 1.41. The lowest BCUT2D eigenvalue weighted by molar-refractivity contribution is -0.145. The molecule has 0 aliphatic carbocycles. The largest absolute Gasteiger partial charge is 0.465 e. The van der Waals surface area contributed by atoms with E-state index in [1.165, 1.54) is 0 Å². The first-order valence-electron chi connectivity index (χ1n) is 6.09. The molecule has 0 aromatic rings. The van der Waals surface area contributed by atoms with Gasteiger partial charge in [0, 0.05) is 25.8 Å². The lowest BCUT2D eigenvalue weighted by Crippen LogP contribution is -2.37. The first-order valence-corrected chi connectivity index (χ1v) is 6.09. The third-order valence-electron chi connectivity index (χ3n) is 2.31. The van der Waals surface area contributed by atoms with E-state index in [2.05, 4.69) is 18.7 Å². The van der Waals surface area contributed by atoms with Crippen LogP contribution in [0.5, 0.6) is 0 Å². The Morgan fingerprint density at radius 2 is 1.94 bits per heavy atom. The van der Waals surface area contributed by atoms with Crippen molar-refractivity contribution in [1.82, 2.24) is 4.90 Å². The minimum Gasteiger partial charge on any atom is -0.465 e. The van der Waals surface area contributed by atoms with Gasteiger partial charge in [-0.1, -0.05) is 0 Å². The summed E-state index contributed by atoms with van der Waals surface area (Å²) in [6.45, 7) is 11.2. The van der Waals surface area contributed by atoms with Crippen LogP contribution in [0.4, 0.5) is 0 Å². The average Bonchev–Trinajstić information content (AvgIpc) is 2.22. The van der Waals surface area contributed by atoms with Crippen LogP contribution in [0, 0.1) is 0 Å². The molecule has 0 fully saturated rings. The maximum atomic E-state index is 11.4. The highest BCUT2D eigenvalue weighted by Gasteiger charge is 2.13. The van der Waals surface area contributed by atoms with Gasteiger partial charge in [0.2, 0.25) is 0 Å². The average molecular weight is 231 g/mol. The van der Waals surface area contributed by atoms with Gasteiger partial charge in [-0.15, -0.1) is 0 Å². The van der Waals surface area contributed by atoms with E-state index in [0.29, 0.717) is 19.2 Å². The Kier molecular flexibility index (Phi) is 9.24. The highest BCUT2D eigenvalue weighted by atomic mass is 16.5. The van der Waals surface area contributed by atoms with Crippen LogP contribution in [-0.2, 0) is 14.3 Å². The van der Waals surface area contributed by atoms with E-state index in [1.54, 1.807) is 0 Å². The summed E-state index contributed by atoms with van der Waals surface area (Å²) in [4.78, 5) is 13.5. The zero-order valence-electron chi connectivity index (χ0n) is 11.0. The fraction of sp³-hybridized carbons (Fsp3) is 0.917. The predicted octanol–water partition coefficient (Wildman–Crippen LogP) is 1.69. The van der Waals surface area contributed by atoms with Gasteiger partial charge < -0.3 is 9.47 Å². The summed E-state index contributed by atoms with van der Waals surface area (Å²) in [6.07, 6.45) is 0.950. The number of ether oxygens (including phenoxy) is 2. The van der Waals surface area contributed by atoms with E-state index >= 15 is 0 Å². The van der Waals surface area contributed by atoms with Gasteiger partial charge >= 0.3 is 5.97 Å². The number of nitrogens with zero attached hydrogens (tertiary/aromatic N) is 1. The standard InChI is InChI=1S/C12H25NO3/c1-5-15-9-7-8-13(11(3)4)10-12(14)16-6-2/h11H,5-10H2,1-4H3. The predicted molar refractivity (Wildman–Crippen MR) is 64.5 cm³/mol. The van der Waals surface area contributed by atoms with Crippen molar-refractivity contribution in [1.29, 1.82) is 0 Å². The van der Waals surface area contributed by atoms with Crippen molar-refractivity contribution >= 4 is 5.97 Å². The molecule has 0 radical (unpaired) electrons. The molecule has 0 N–H and O–H groups in total. The van der Waals surface area contributed by atoms with Gasteiger partial charge in [0.15, 0.2) is 0 Å². The van der Waals surface area contributed by atoms with E-state index < -0.39 is 0 Å². The third kappa shape index (κ3) is 7.65. The lowest BCUT2D eigenvalue weighted by atomic mass is 10.3. The van der Waals surface area contributed by atoms with Crippen LogP contribution in [0.2, 0.25) is 0 Å². The number of rotatable bonds is 9. The molecule has 0 heterocycles. The second-order valence-electron chi connectivity index (χ2n) is 3.92. The smallest absolute Gasteiger partial charge is 0.320 e. The Labute approximate surface area is 98.9 Å². The molecular formula is C12H25NO3. The Hall–Kier alpha value is -0.610. The second kappa shape index (κ2) is 9.60. The molecule has 0 aliphatic heterocycles. The van der Waals surface area contributed by atoms with Gasteiger partial charge in [-0.05, 0) is 34.1 Å². The molecule has 0 spiro atoms. The molecule has 0 amide bonds. The summed E-state index contributed by atoms with van der Waals surface area (Å²) in [5.74, 6) is -0.146. The Morgan fingerprint density at radius 1 is 1.25 bits per heavy atom. The van der Waals surface area contributed by atoms with Crippen molar-refractivity contribution in [3.63, 3.8) is 0 Å². The maximum absolute atomic E-state index is 11.4. The van der Waals surface area contributed by atoms with Crippen molar-refractivity contribution in [2.45, 2.75) is 40.2 Å². The number of esters is 1. The molecule has 0 aromatic carbocycles. The second-order valence-corrected chi connectivity index (χ2v) is 3.92. The fourth-order valence-electron chi connectivity index (χ4n) is 1.41. The number of hydrogen-bond donors (Lipinski definition) is 0. The van der Waals surface area contributed by atoms with Crippen LogP contribution in [-0.4, -0.2) is 49.8 Å². The Bertz CT molecular complexity index is 183. The topological polar surface area (TPSA) is 38.8 Å². The van der Waals surface area contributed by atoms with Crippen LogP contribution in [0.1, 0.15) is 34.1 Å². The minimum atomic E-state index is -0.146. The van der Waals surface area contributed by atoms with Crippen molar-refractivity contribution < 1.29 is 14.3 Å². The minimum absolute atomic E-state index is 0.146. The first kappa shape index (κ1) is 15.4. The first-order chi connectivity index (χ1) is 7.61. The van der Waals surface area contributed by atoms with E-state index in [0.717, 1.165) is 26.2 Å². The van der Waals surface area contributed by atoms with Crippen LogP contribution in [0.25, 0.3) is 0 Å². The zero-order chi connectivity index (χ0) is 12.4. The van der Waals surface area contributed by atoms with Gasteiger partial charge in [0.05, 0.1) is 13.2 Å². The van der Waals surface area contributed by atoms with Gasteiger partial charge in [-0.25, -0.2) is 0 Å². The van der Waals surface area contributed by atoms with Crippen LogP contribution >= 0.6 is 0 Å². The molecule has 4 nitrogen and oxygen atoms in total. The molecule has 96 valence electrons.